The average Bonchev–Trinajstić information content (AvgIpc) is 2.79. The molecule has 1 aromatic heterocycles. The van der Waals surface area contributed by atoms with Gasteiger partial charge in [0.05, 0.1) is 16.8 Å². The molecule has 0 aliphatic carbocycles. The Morgan fingerprint density at radius 2 is 2.24 bits per heavy atom. The number of anilines is 2. The van der Waals surface area contributed by atoms with Crippen LogP contribution in [0.4, 0.5) is 11.4 Å². The second-order valence-corrected chi connectivity index (χ2v) is 5.26. The molecule has 3 nitrogen and oxygen atoms in total. The van der Waals surface area contributed by atoms with Crippen molar-refractivity contribution >= 4 is 34.3 Å². The maximum Gasteiger partial charge on any atom is 0.115 e. The number of nitrogens with one attached hydrogen (secondary N) is 1. The Hall–Kier alpha value is -1.26. The van der Waals surface area contributed by atoms with Crippen molar-refractivity contribution in [1.29, 1.82) is 0 Å². The number of rotatable bonds is 3. The van der Waals surface area contributed by atoms with Crippen LogP contribution in [0.5, 0.6) is 0 Å². The van der Waals surface area contributed by atoms with E-state index in [0.29, 0.717) is 10.7 Å². The Balaban J connectivity index is 2.22. The van der Waals surface area contributed by atoms with Gasteiger partial charge in [-0.2, -0.15) is 0 Å². The third-order valence-electron chi connectivity index (χ3n) is 2.54. The lowest BCUT2D eigenvalue weighted by Crippen LogP contribution is -2.07. The van der Waals surface area contributed by atoms with Crippen LogP contribution in [-0.4, -0.2) is 4.98 Å². The van der Waals surface area contributed by atoms with Crippen LogP contribution >= 0.6 is 22.9 Å². The van der Waals surface area contributed by atoms with Crippen molar-refractivity contribution in [3.63, 3.8) is 0 Å². The summed E-state index contributed by atoms with van der Waals surface area (Å²) in [6.45, 7) is 4.08. The SMILES string of the molecule is Cc1cc(N)c(Cl)cc1NC(C)c1nccs1. The van der Waals surface area contributed by atoms with Gasteiger partial charge in [-0.15, -0.1) is 11.3 Å². The molecule has 1 unspecified atom stereocenters. The molecule has 0 saturated carbocycles. The molecule has 0 spiro atoms. The number of thiazole rings is 1. The van der Waals surface area contributed by atoms with Gasteiger partial charge in [-0.25, -0.2) is 4.98 Å². The summed E-state index contributed by atoms with van der Waals surface area (Å²) >= 11 is 7.65. The van der Waals surface area contributed by atoms with Gasteiger partial charge >= 0.3 is 0 Å². The fourth-order valence-electron chi connectivity index (χ4n) is 1.60. The summed E-state index contributed by atoms with van der Waals surface area (Å²) in [6.07, 6.45) is 1.81. The minimum atomic E-state index is 0.161. The Bertz CT molecular complexity index is 511. The van der Waals surface area contributed by atoms with Gasteiger partial charge in [-0.3, -0.25) is 0 Å². The van der Waals surface area contributed by atoms with E-state index in [4.69, 9.17) is 17.3 Å². The van der Waals surface area contributed by atoms with Crippen LogP contribution in [0.1, 0.15) is 23.5 Å². The smallest absolute Gasteiger partial charge is 0.115 e. The third kappa shape index (κ3) is 2.70. The Morgan fingerprint density at radius 3 is 2.88 bits per heavy atom. The van der Waals surface area contributed by atoms with Crippen LogP contribution in [0, 0.1) is 6.92 Å². The van der Waals surface area contributed by atoms with Gasteiger partial charge < -0.3 is 11.1 Å². The topological polar surface area (TPSA) is 50.9 Å². The number of aromatic nitrogens is 1. The summed E-state index contributed by atoms with van der Waals surface area (Å²) in [5.74, 6) is 0. The highest BCUT2D eigenvalue weighted by Crippen LogP contribution is 2.29. The van der Waals surface area contributed by atoms with Crippen LogP contribution in [0.2, 0.25) is 5.02 Å². The number of nitrogens with zero attached hydrogens (tertiary/aromatic N) is 1. The summed E-state index contributed by atoms with van der Waals surface area (Å²) in [5, 5.41) is 6.98. The summed E-state index contributed by atoms with van der Waals surface area (Å²) in [7, 11) is 0. The Morgan fingerprint density at radius 1 is 1.47 bits per heavy atom. The third-order valence-corrected chi connectivity index (χ3v) is 3.82. The molecule has 0 fully saturated rings. The van der Waals surface area contributed by atoms with E-state index in [1.54, 1.807) is 17.5 Å². The van der Waals surface area contributed by atoms with Crippen LogP contribution in [0.25, 0.3) is 0 Å². The summed E-state index contributed by atoms with van der Waals surface area (Å²) < 4.78 is 0. The summed E-state index contributed by atoms with van der Waals surface area (Å²) in [4.78, 5) is 4.28. The molecule has 1 atom stereocenters. The number of nitrogen functional groups attached to an aromatic ring is 1. The molecule has 0 radical (unpaired) electrons. The highest BCUT2D eigenvalue weighted by molar-refractivity contribution is 7.09. The number of halogens is 1. The monoisotopic (exact) mass is 267 g/mol. The molecule has 0 amide bonds. The van der Waals surface area contributed by atoms with Crippen LogP contribution in [-0.2, 0) is 0 Å². The normalized spacial score (nSPS) is 12.4. The molecule has 0 aliphatic heterocycles. The van der Waals surface area contributed by atoms with Gasteiger partial charge in [0.2, 0.25) is 0 Å². The van der Waals surface area contributed by atoms with Crippen molar-refractivity contribution in [3.05, 3.63) is 39.3 Å². The molecule has 17 heavy (non-hydrogen) atoms. The van der Waals surface area contributed by atoms with Crippen molar-refractivity contribution in [2.45, 2.75) is 19.9 Å². The zero-order valence-electron chi connectivity index (χ0n) is 9.70. The first-order chi connectivity index (χ1) is 8.08. The largest absolute Gasteiger partial charge is 0.398 e. The number of hydrogen-bond donors (Lipinski definition) is 2. The van der Waals surface area contributed by atoms with Crippen LogP contribution < -0.4 is 11.1 Å². The lowest BCUT2D eigenvalue weighted by atomic mass is 10.1. The van der Waals surface area contributed by atoms with E-state index in [1.165, 1.54) is 0 Å². The van der Waals surface area contributed by atoms with Crippen molar-refractivity contribution in [2.75, 3.05) is 11.1 Å². The van der Waals surface area contributed by atoms with Gasteiger partial charge in [0.25, 0.3) is 0 Å². The number of hydrogen-bond acceptors (Lipinski definition) is 4. The van der Waals surface area contributed by atoms with Gasteiger partial charge in [0.1, 0.15) is 5.01 Å². The first-order valence-corrected chi connectivity index (χ1v) is 6.55. The molecule has 0 aliphatic rings. The second kappa shape index (κ2) is 4.94. The molecular weight excluding hydrogens is 254 g/mol. The lowest BCUT2D eigenvalue weighted by molar-refractivity contribution is 0.868. The predicted molar refractivity (Wildman–Crippen MR) is 74.8 cm³/mol. The number of aryl methyl sites for hydroxylation is 1. The Labute approximate surface area is 110 Å². The second-order valence-electron chi connectivity index (χ2n) is 3.93. The maximum absolute atomic E-state index is 6.02. The van der Waals surface area contributed by atoms with E-state index < -0.39 is 0 Å². The zero-order chi connectivity index (χ0) is 12.4. The van der Waals surface area contributed by atoms with E-state index in [-0.39, 0.29) is 6.04 Å². The highest BCUT2D eigenvalue weighted by Gasteiger charge is 2.10. The summed E-state index contributed by atoms with van der Waals surface area (Å²) in [6, 6.07) is 3.89. The van der Waals surface area contributed by atoms with Gasteiger partial charge in [0, 0.05) is 17.3 Å². The first-order valence-electron chi connectivity index (χ1n) is 5.29. The van der Waals surface area contributed by atoms with E-state index in [9.17, 15) is 0 Å². The standard InChI is InChI=1S/C12H14ClN3S/c1-7-5-10(14)9(13)6-11(7)16-8(2)12-15-3-4-17-12/h3-6,8,16H,14H2,1-2H3. The number of benzene rings is 1. The first kappa shape index (κ1) is 12.2. The van der Waals surface area contributed by atoms with E-state index in [2.05, 4.69) is 17.2 Å². The van der Waals surface area contributed by atoms with Crippen LogP contribution in [0.15, 0.2) is 23.7 Å². The molecule has 1 aromatic carbocycles. The highest BCUT2D eigenvalue weighted by atomic mass is 35.5. The van der Waals surface area contributed by atoms with Gasteiger partial charge in [0.15, 0.2) is 0 Å². The summed E-state index contributed by atoms with van der Waals surface area (Å²) in [5.41, 5.74) is 8.42. The molecule has 5 heteroatoms. The molecular formula is C12H14ClN3S. The van der Waals surface area contributed by atoms with Crippen molar-refractivity contribution in [1.82, 2.24) is 4.98 Å². The van der Waals surface area contributed by atoms with E-state index in [0.717, 1.165) is 16.3 Å². The average molecular weight is 268 g/mol. The number of nitrogens with two attached hydrogens (primary N) is 1. The fourth-order valence-corrected chi connectivity index (χ4v) is 2.41. The predicted octanol–water partition coefficient (Wildman–Crippen LogP) is 3.86. The van der Waals surface area contributed by atoms with Crippen LogP contribution in [0.3, 0.4) is 0 Å². The van der Waals surface area contributed by atoms with Gasteiger partial charge in [-0.1, -0.05) is 11.6 Å². The Kier molecular flexibility index (Phi) is 3.54. The van der Waals surface area contributed by atoms with E-state index >= 15 is 0 Å². The van der Waals surface area contributed by atoms with E-state index in [1.807, 2.05) is 24.4 Å². The fraction of sp³-hybridized carbons (Fsp3) is 0.250. The maximum atomic E-state index is 6.02. The molecule has 0 saturated heterocycles. The lowest BCUT2D eigenvalue weighted by Gasteiger charge is -2.16. The van der Waals surface area contributed by atoms with Crippen molar-refractivity contribution < 1.29 is 0 Å². The van der Waals surface area contributed by atoms with Crippen molar-refractivity contribution in [2.24, 2.45) is 0 Å². The van der Waals surface area contributed by atoms with Gasteiger partial charge in [-0.05, 0) is 31.5 Å². The molecule has 3 N–H and O–H groups in total. The minimum absolute atomic E-state index is 0.161. The molecule has 0 bridgehead atoms. The molecule has 1 heterocycles. The van der Waals surface area contributed by atoms with Crippen molar-refractivity contribution in [3.8, 4) is 0 Å². The molecule has 2 aromatic rings. The molecule has 2 rings (SSSR count). The molecule has 90 valence electrons. The quantitative estimate of drug-likeness (QED) is 0.831. The minimum Gasteiger partial charge on any atom is -0.398 e. The zero-order valence-corrected chi connectivity index (χ0v) is 11.3.